The second-order valence-electron chi connectivity index (χ2n) is 8.54. The summed E-state index contributed by atoms with van der Waals surface area (Å²) in [4.78, 5) is 39.3. The minimum Gasteiger partial charge on any atom is -0.493 e. The molecule has 0 saturated carbocycles. The van der Waals surface area contributed by atoms with Crippen LogP contribution in [0, 0.1) is 20.8 Å². The van der Waals surface area contributed by atoms with Crippen molar-refractivity contribution in [2.45, 2.75) is 27.4 Å². The quantitative estimate of drug-likeness (QED) is 0.353. The number of imide groups is 2. The first-order chi connectivity index (χ1) is 17.2. The van der Waals surface area contributed by atoms with Crippen LogP contribution in [0.4, 0.5) is 10.5 Å². The lowest BCUT2D eigenvalue weighted by Crippen LogP contribution is -2.54. The molecule has 3 aromatic rings. The molecular formula is C28H25ClN2O5. The van der Waals surface area contributed by atoms with E-state index in [-0.39, 0.29) is 17.2 Å². The summed E-state index contributed by atoms with van der Waals surface area (Å²) in [5, 5.41) is 2.48. The molecule has 0 bridgehead atoms. The number of carbonyl (C=O) groups is 3. The zero-order valence-electron chi connectivity index (χ0n) is 20.3. The maximum absolute atomic E-state index is 13.2. The second-order valence-corrected chi connectivity index (χ2v) is 8.95. The molecule has 36 heavy (non-hydrogen) atoms. The van der Waals surface area contributed by atoms with Gasteiger partial charge in [0.1, 0.15) is 12.2 Å². The van der Waals surface area contributed by atoms with Crippen molar-refractivity contribution in [3.63, 3.8) is 0 Å². The molecule has 0 aromatic heterocycles. The van der Waals surface area contributed by atoms with Crippen molar-refractivity contribution in [2.75, 3.05) is 12.0 Å². The third kappa shape index (κ3) is 5.11. The Balaban J connectivity index is 1.65. The molecule has 1 saturated heterocycles. The van der Waals surface area contributed by atoms with E-state index in [0.717, 1.165) is 27.2 Å². The van der Waals surface area contributed by atoms with Gasteiger partial charge in [0.15, 0.2) is 11.5 Å². The molecule has 4 rings (SSSR count). The fraction of sp³-hybridized carbons (Fsp3) is 0.179. The number of ether oxygens (including phenoxy) is 2. The van der Waals surface area contributed by atoms with Crippen molar-refractivity contribution in [3.05, 3.63) is 93.0 Å². The monoisotopic (exact) mass is 504 g/mol. The van der Waals surface area contributed by atoms with E-state index in [4.69, 9.17) is 21.1 Å². The number of carbonyl (C=O) groups excluding carboxylic acids is 3. The molecule has 8 heteroatoms. The Hall–Kier alpha value is -4.10. The normalized spacial score (nSPS) is 14.8. The number of methoxy groups -OCH3 is 1. The molecule has 0 atom stereocenters. The molecule has 0 aliphatic carbocycles. The smallest absolute Gasteiger partial charge is 0.335 e. The third-order valence-corrected chi connectivity index (χ3v) is 6.16. The number of nitrogens with zero attached hydrogens (tertiary/aromatic N) is 1. The van der Waals surface area contributed by atoms with Gasteiger partial charge in [-0.05, 0) is 73.4 Å². The summed E-state index contributed by atoms with van der Waals surface area (Å²) >= 11 is 6.50. The third-order valence-electron chi connectivity index (χ3n) is 5.88. The standard InChI is InChI=1S/C28H25ClN2O5/c1-16-6-5-7-19(10-16)15-36-25-23(29)13-20(14-24(25)35-4)12-22-26(32)30-28(34)31(27(22)33)21-9-8-17(2)18(3)11-21/h5-14H,15H2,1-4H3,(H,30,32,34)/b22-12+. The Labute approximate surface area is 214 Å². The van der Waals surface area contributed by atoms with Crippen molar-refractivity contribution in [1.29, 1.82) is 0 Å². The second kappa shape index (κ2) is 10.3. The van der Waals surface area contributed by atoms with E-state index in [1.54, 1.807) is 24.3 Å². The Morgan fingerprint density at radius 1 is 0.972 bits per heavy atom. The predicted molar refractivity (Wildman–Crippen MR) is 138 cm³/mol. The predicted octanol–water partition coefficient (Wildman–Crippen LogP) is 5.52. The van der Waals surface area contributed by atoms with Gasteiger partial charge in [0.25, 0.3) is 11.8 Å². The Morgan fingerprint density at radius 3 is 2.44 bits per heavy atom. The van der Waals surface area contributed by atoms with Crippen molar-refractivity contribution in [2.24, 2.45) is 0 Å². The maximum Gasteiger partial charge on any atom is 0.335 e. The van der Waals surface area contributed by atoms with Crippen molar-refractivity contribution >= 4 is 41.2 Å². The zero-order valence-corrected chi connectivity index (χ0v) is 21.1. The fourth-order valence-electron chi connectivity index (χ4n) is 3.84. The molecule has 0 spiro atoms. The van der Waals surface area contributed by atoms with Crippen molar-refractivity contribution in [3.8, 4) is 11.5 Å². The van der Waals surface area contributed by atoms with Gasteiger partial charge >= 0.3 is 6.03 Å². The Kier molecular flexibility index (Phi) is 7.12. The average Bonchev–Trinajstić information content (AvgIpc) is 2.83. The van der Waals surface area contributed by atoms with E-state index in [2.05, 4.69) is 5.32 Å². The van der Waals surface area contributed by atoms with Crippen LogP contribution in [-0.4, -0.2) is 25.0 Å². The summed E-state index contributed by atoms with van der Waals surface area (Å²) in [6, 6.07) is 15.5. The van der Waals surface area contributed by atoms with Crippen LogP contribution in [0.2, 0.25) is 5.02 Å². The van der Waals surface area contributed by atoms with Crippen molar-refractivity contribution in [1.82, 2.24) is 5.32 Å². The molecule has 4 amide bonds. The van der Waals surface area contributed by atoms with Gasteiger partial charge in [-0.2, -0.15) is 0 Å². The lowest BCUT2D eigenvalue weighted by atomic mass is 10.0. The first-order valence-corrected chi connectivity index (χ1v) is 11.6. The number of hydrogen-bond acceptors (Lipinski definition) is 5. The highest BCUT2D eigenvalue weighted by Crippen LogP contribution is 2.38. The lowest BCUT2D eigenvalue weighted by Gasteiger charge is -2.27. The molecule has 1 aliphatic rings. The molecular weight excluding hydrogens is 480 g/mol. The summed E-state index contributed by atoms with van der Waals surface area (Å²) < 4.78 is 11.4. The summed E-state index contributed by atoms with van der Waals surface area (Å²) in [6.07, 6.45) is 1.37. The van der Waals surface area contributed by atoms with Crippen LogP contribution in [0.1, 0.15) is 27.8 Å². The molecule has 7 nitrogen and oxygen atoms in total. The number of anilines is 1. The van der Waals surface area contributed by atoms with Crippen LogP contribution >= 0.6 is 11.6 Å². The Morgan fingerprint density at radius 2 is 1.75 bits per heavy atom. The number of aryl methyl sites for hydroxylation is 3. The Bertz CT molecular complexity index is 1410. The topological polar surface area (TPSA) is 84.9 Å². The van der Waals surface area contributed by atoms with E-state index in [1.165, 1.54) is 13.2 Å². The highest BCUT2D eigenvalue weighted by Gasteiger charge is 2.37. The number of rotatable bonds is 6. The maximum atomic E-state index is 13.2. The first-order valence-electron chi connectivity index (χ1n) is 11.2. The highest BCUT2D eigenvalue weighted by molar-refractivity contribution is 6.39. The van der Waals surface area contributed by atoms with Gasteiger partial charge < -0.3 is 9.47 Å². The van der Waals surface area contributed by atoms with Crippen LogP contribution in [0.25, 0.3) is 6.08 Å². The summed E-state index contributed by atoms with van der Waals surface area (Å²) in [5.41, 5.74) is 4.61. The molecule has 1 heterocycles. The number of urea groups is 1. The average molecular weight is 505 g/mol. The molecule has 1 fully saturated rings. The van der Waals surface area contributed by atoms with Crippen LogP contribution in [0.3, 0.4) is 0 Å². The zero-order chi connectivity index (χ0) is 26.0. The van der Waals surface area contributed by atoms with Gasteiger partial charge in [-0.15, -0.1) is 0 Å². The molecule has 1 aliphatic heterocycles. The van der Waals surface area contributed by atoms with E-state index < -0.39 is 17.8 Å². The minimum absolute atomic E-state index is 0.209. The van der Waals surface area contributed by atoms with Gasteiger partial charge in [0.2, 0.25) is 0 Å². The molecule has 1 N–H and O–H groups in total. The van der Waals surface area contributed by atoms with Gasteiger partial charge in [-0.1, -0.05) is 47.5 Å². The molecule has 184 valence electrons. The van der Waals surface area contributed by atoms with Gasteiger partial charge in [-0.25, -0.2) is 9.69 Å². The minimum atomic E-state index is -0.805. The van der Waals surface area contributed by atoms with Gasteiger partial charge in [-0.3, -0.25) is 14.9 Å². The van der Waals surface area contributed by atoms with E-state index in [1.807, 2.05) is 51.1 Å². The number of barbiturate groups is 1. The fourth-order valence-corrected chi connectivity index (χ4v) is 4.12. The van der Waals surface area contributed by atoms with E-state index in [0.29, 0.717) is 22.7 Å². The summed E-state index contributed by atoms with van der Waals surface area (Å²) in [7, 11) is 1.47. The number of halogens is 1. The number of hydrogen-bond donors (Lipinski definition) is 1. The van der Waals surface area contributed by atoms with Crippen LogP contribution in [0.15, 0.2) is 60.2 Å². The molecule has 0 unspecified atom stereocenters. The number of benzene rings is 3. The first kappa shape index (κ1) is 25.0. The molecule has 3 aromatic carbocycles. The van der Waals surface area contributed by atoms with E-state index >= 15 is 0 Å². The number of amides is 4. The van der Waals surface area contributed by atoms with Crippen LogP contribution in [0.5, 0.6) is 11.5 Å². The lowest BCUT2D eigenvalue weighted by molar-refractivity contribution is -0.122. The van der Waals surface area contributed by atoms with Gasteiger partial charge in [0, 0.05) is 0 Å². The largest absolute Gasteiger partial charge is 0.493 e. The summed E-state index contributed by atoms with van der Waals surface area (Å²) in [6.45, 7) is 6.09. The summed E-state index contributed by atoms with van der Waals surface area (Å²) in [5.74, 6) is -0.844. The van der Waals surface area contributed by atoms with Gasteiger partial charge in [0.05, 0.1) is 17.8 Å². The number of nitrogens with one attached hydrogen (secondary N) is 1. The molecule has 0 radical (unpaired) electrons. The van der Waals surface area contributed by atoms with Crippen LogP contribution < -0.4 is 19.7 Å². The SMILES string of the molecule is COc1cc(/C=C2\C(=O)NC(=O)N(c3ccc(C)c(C)c3)C2=O)cc(Cl)c1OCc1cccc(C)c1. The van der Waals surface area contributed by atoms with E-state index in [9.17, 15) is 14.4 Å². The van der Waals surface area contributed by atoms with Crippen LogP contribution in [-0.2, 0) is 16.2 Å². The highest BCUT2D eigenvalue weighted by atomic mass is 35.5. The van der Waals surface area contributed by atoms with Crippen molar-refractivity contribution < 1.29 is 23.9 Å².